The first kappa shape index (κ1) is 18.8. The zero-order chi connectivity index (χ0) is 19.5. The van der Waals surface area contributed by atoms with Crippen LogP contribution in [0.15, 0.2) is 60.7 Å². The van der Waals surface area contributed by atoms with E-state index < -0.39 is 0 Å². The lowest BCUT2D eigenvalue weighted by Crippen LogP contribution is -2.50. The summed E-state index contributed by atoms with van der Waals surface area (Å²) in [6.07, 6.45) is 0.279. The largest absolute Gasteiger partial charge is 0.304 e. The van der Waals surface area contributed by atoms with Crippen molar-refractivity contribution in [2.24, 2.45) is 5.92 Å². The van der Waals surface area contributed by atoms with Crippen molar-refractivity contribution in [3.05, 3.63) is 71.8 Å². The quantitative estimate of drug-likeness (QED) is 0.751. The van der Waals surface area contributed by atoms with Gasteiger partial charge in [0, 0.05) is 38.5 Å². The van der Waals surface area contributed by atoms with Gasteiger partial charge >= 0.3 is 0 Å². The average molecular weight is 377 g/mol. The van der Waals surface area contributed by atoms with E-state index in [0.29, 0.717) is 6.67 Å². The zero-order valence-electron chi connectivity index (χ0n) is 16.3. The van der Waals surface area contributed by atoms with Gasteiger partial charge in [0.1, 0.15) is 0 Å². The molecule has 2 heterocycles. The maximum Gasteiger partial charge on any atom is 0.234 e. The Morgan fingerprint density at radius 1 is 0.857 bits per heavy atom. The van der Waals surface area contributed by atoms with Crippen LogP contribution in [-0.2, 0) is 9.59 Å². The standard InChI is InChI=1S/C23H27N3O2/c1-24-12-14-25(15-13-24)17-26-21(27)16-20(23(26)28)22(18-8-4-2-5-9-18)19-10-6-3-7-11-19/h2-11,20,22H,12-17H2,1H3. The highest BCUT2D eigenvalue weighted by Gasteiger charge is 2.44. The van der Waals surface area contributed by atoms with Gasteiger partial charge in [0.05, 0.1) is 12.6 Å². The topological polar surface area (TPSA) is 43.9 Å². The van der Waals surface area contributed by atoms with Gasteiger partial charge in [0.2, 0.25) is 11.8 Å². The number of likely N-dealkylation sites (tertiary alicyclic amines) is 1. The van der Waals surface area contributed by atoms with Gasteiger partial charge in [-0.1, -0.05) is 60.7 Å². The van der Waals surface area contributed by atoms with Crippen molar-refractivity contribution in [2.75, 3.05) is 39.9 Å². The van der Waals surface area contributed by atoms with E-state index in [-0.39, 0.29) is 30.1 Å². The zero-order valence-corrected chi connectivity index (χ0v) is 16.3. The van der Waals surface area contributed by atoms with Crippen LogP contribution in [0.5, 0.6) is 0 Å². The summed E-state index contributed by atoms with van der Waals surface area (Å²) in [5.41, 5.74) is 2.17. The Balaban J connectivity index is 1.58. The molecule has 2 fully saturated rings. The molecule has 2 aliphatic heterocycles. The molecule has 0 bridgehead atoms. The van der Waals surface area contributed by atoms with Gasteiger partial charge in [-0.15, -0.1) is 0 Å². The number of piperazine rings is 1. The summed E-state index contributed by atoms with van der Waals surface area (Å²) in [7, 11) is 2.10. The lowest BCUT2D eigenvalue weighted by molar-refractivity contribution is -0.142. The first-order valence-corrected chi connectivity index (χ1v) is 9.98. The molecule has 0 spiro atoms. The van der Waals surface area contributed by atoms with Crippen molar-refractivity contribution in [1.29, 1.82) is 0 Å². The minimum absolute atomic E-state index is 0.0402. The van der Waals surface area contributed by atoms with Crippen LogP contribution in [-0.4, -0.2) is 66.4 Å². The van der Waals surface area contributed by atoms with Crippen molar-refractivity contribution < 1.29 is 9.59 Å². The third kappa shape index (κ3) is 3.86. The number of carbonyl (C=O) groups is 2. The van der Waals surface area contributed by atoms with Crippen LogP contribution in [0.2, 0.25) is 0 Å². The molecule has 0 aromatic heterocycles. The first-order chi connectivity index (χ1) is 13.6. The number of nitrogens with zero attached hydrogens (tertiary/aromatic N) is 3. The maximum absolute atomic E-state index is 13.3. The number of hydrogen-bond acceptors (Lipinski definition) is 4. The minimum Gasteiger partial charge on any atom is -0.304 e. The Hall–Kier alpha value is -2.50. The Morgan fingerprint density at radius 2 is 1.39 bits per heavy atom. The van der Waals surface area contributed by atoms with Crippen molar-refractivity contribution >= 4 is 11.8 Å². The van der Waals surface area contributed by atoms with E-state index in [1.54, 1.807) is 0 Å². The average Bonchev–Trinajstić information content (AvgIpc) is 2.99. The van der Waals surface area contributed by atoms with E-state index in [1.165, 1.54) is 4.90 Å². The molecule has 28 heavy (non-hydrogen) atoms. The molecule has 2 aromatic rings. The predicted molar refractivity (Wildman–Crippen MR) is 109 cm³/mol. The number of hydrogen-bond donors (Lipinski definition) is 0. The van der Waals surface area contributed by atoms with E-state index in [1.807, 2.05) is 36.4 Å². The van der Waals surface area contributed by atoms with E-state index in [9.17, 15) is 9.59 Å². The van der Waals surface area contributed by atoms with Crippen LogP contribution in [0.3, 0.4) is 0 Å². The van der Waals surface area contributed by atoms with Crippen LogP contribution in [0.4, 0.5) is 0 Å². The Morgan fingerprint density at radius 3 is 1.93 bits per heavy atom. The summed E-state index contributed by atoms with van der Waals surface area (Å²) in [4.78, 5) is 32.0. The smallest absolute Gasteiger partial charge is 0.234 e. The van der Waals surface area contributed by atoms with E-state index in [2.05, 4.69) is 41.1 Å². The fraction of sp³-hybridized carbons (Fsp3) is 0.391. The molecular formula is C23H27N3O2. The highest BCUT2D eigenvalue weighted by Crippen LogP contribution is 2.38. The highest BCUT2D eigenvalue weighted by atomic mass is 16.2. The second-order valence-electron chi connectivity index (χ2n) is 7.83. The van der Waals surface area contributed by atoms with Gasteiger partial charge in [-0.3, -0.25) is 19.4 Å². The molecule has 2 aliphatic rings. The van der Waals surface area contributed by atoms with Crippen LogP contribution >= 0.6 is 0 Å². The monoisotopic (exact) mass is 377 g/mol. The number of rotatable bonds is 5. The van der Waals surface area contributed by atoms with Gasteiger partial charge < -0.3 is 4.90 Å². The second-order valence-corrected chi connectivity index (χ2v) is 7.83. The first-order valence-electron chi connectivity index (χ1n) is 9.98. The third-order valence-corrected chi connectivity index (χ3v) is 5.94. The Kier molecular flexibility index (Phi) is 5.55. The van der Waals surface area contributed by atoms with Crippen LogP contribution < -0.4 is 0 Å². The van der Waals surface area contributed by atoms with Gasteiger partial charge in [0.25, 0.3) is 0 Å². The van der Waals surface area contributed by atoms with Crippen LogP contribution in [0.25, 0.3) is 0 Å². The molecule has 0 N–H and O–H groups in total. The van der Waals surface area contributed by atoms with Crippen LogP contribution in [0.1, 0.15) is 23.5 Å². The van der Waals surface area contributed by atoms with E-state index in [0.717, 1.165) is 37.3 Å². The van der Waals surface area contributed by atoms with Crippen molar-refractivity contribution in [1.82, 2.24) is 14.7 Å². The third-order valence-electron chi connectivity index (χ3n) is 5.94. The van der Waals surface area contributed by atoms with Gasteiger partial charge in [-0.05, 0) is 18.2 Å². The number of imide groups is 1. The SMILES string of the molecule is CN1CCN(CN2C(=O)CC(C(c3ccccc3)c3ccccc3)C2=O)CC1. The van der Waals surface area contributed by atoms with Crippen molar-refractivity contribution in [3.8, 4) is 0 Å². The summed E-state index contributed by atoms with van der Waals surface area (Å²) in [5, 5.41) is 0. The maximum atomic E-state index is 13.3. The summed E-state index contributed by atoms with van der Waals surface area (Å²) in [6.45, 7) is 4.13. The van der Waals surface area contributed by atoms with Crippen LogP contribution in [0, 0.1) is 5.92 Å². The van der Waals surface area contributed by atoms with Crippen molar-refractivity contribution in [3.63, 3.8) is 0 Å². The number of likely N-dealkylation sites (N-methyl/N-ethyl adjacent to an activating group) is 1. The predicted octanol–water partition coefficient (Wildman–Crippen LogP) is 2.40. The number of amides is 2. The molecule has 0 saturated carbocycles. The van der Waals surface area contributed by atoms with E-state index in [4.69, 9.17) is 0 Å². The van der Waals surface area contributed by atoms with Gasteiger partial charge in [-0.2, -0.15) is 0 Å². The van der Waals surface area contributed by atoms with E-state index >= 15 is 0 Å². The number of carbonyl (C=O) groups excluding carboxylic acids is 2. The molecule has 146 valence electrons. The van der Waals surface area contributed by atoms with Gasteiger partial charge in [0.15, 0.2) is 0 Å². The second kappa shape index (κ2) is 8.25. The highest BCUT2D eigenvalue weighted by molar-refractivity contribution is 6.04. The lowest BCUT2D eigenvalue weighted by atomic mass is 9.80. The molecule has 2 amide bonds. The van der Waals surface area contributed by atoms with Gasteiger partial charge in [-0.25, -0.2) is 0 Å². The van der Waals surface area contributed by atoms with Crippen molar-refractivity contribution in [2.45, 2.75) is 12.3 Å². The molecule has 0 radical (unpaired) electrons. The summed E-state index contributed by atoms with van der Waals surface area (Å²) < 4.78 is 0. The molecule has 2 aromatic carbocycles. The molecule has 5 nitrogen and oxygen atoms in total. The molecular weight excluding hydrogens is 350 g/mol. The minimum atomic E-state index is -0.343. The fourth-order valence-corrected chi connectivity index (χ4v) is 4.28. The summed E-state index contributed by atoms with van der Waals surface area (Å²) in [5.74, 6) is -0.534. The normalized spacial score (nSPS) is 21.6. The molecule has 4 rings (SSSR count). The summed E-state index contributed by atoms with van der Waals surface area (Å²) in [6, 6.07) is 20.2. The Bertz CT molecular complexity index is 777. The fourth-order valence-electron chi connectivity index (χ4n) is 4.28. The Labute approximate surface area is 166 Å². The molecule has 0 aliphatic carbocycles. The summed E-state index contributed by atoms with van der Waals surface area (Å²) >= 11 is 0. The molecule has 5 heteroatoms. The molecule has 2 saturated heterocycles. The lowest BCUT2D eigenvalue weighted by Gasteiger charge is -2.34. The number of benzene rings is 2. The molecule has 1 unspecified atom stereocenters. The molecule has 1 atom stereocenters.